The highest BCUT2D eigenvalue weighted by Gasteiger charge is 2.39. The van der Waals surface area contributed by atoms with Gasteiger partial charge in [-0.15, -0.1) is 0 Å². The molecular formula is C19H27FN2O3S. The van der Waals surface area contributed by atoms with Crippen molar-refractivity contribution in [3.63, 3.8) is 0 Å². The van der Waals surface area contributed by atoms with E-state index in [-0.39, 0.29) is 29.6 Å². The fourth-order valence-electron chi connectivity index (χ4n) is 4.34. The third kappa shape index (κ3) is 4.09. The van der Waals surface area contributed by atoms with Crippen molar-refractivity contribution in [2.75, 3.05) is 25.9 Å². The van der Waals surface area contributed by atoms with Crippen molar-refractivity contribution in [1.29, 1.82) is 0 Å². The zero-order chi connectivity index (χ0) is 18.8. The highest BCUT2D eigenvalue weighted by Crippen LogP contribution is 2.41. The lowest BCUT2D eigenvalue weighted by Crippen LogP contribution is -2.47. The first kappa shape index (κ1) is 19.3. The summed E-state index contributed by atoms with van der Waals surface area (Å²) in [5.74, 6) is -0.678. The molecule has 0 spiro atoms. The molecule has 0 aromatic heterocycles. The summed E-state index contributed by atoms with van der Waals surface area (Å²) in [6.07, 6.45) is 6.31. The van der Waals surface area contributed by atoms with Gasteiger partial charge < -0.3 is 5.32 Å². The van der Waals surface area contributed by atoms with E-state index in [4.69, 9.17) is 0 Å². The Kier molecular flexibility index (Phi) is 5.67. The molecular weight excluding hydrogens is 355 g/mol. The standard InChI is InChI=1S/C19H27FN2O3S/c1-26(24,25)22-12-6-7-15(13-22)18(23)21-14-19(10-4-5-11-19)16-8-2-3-9-17(16)20/h2-3,8-9,15H,4-7,10-14H2,1H3,(H,21,23). The average molecular weight is 383 g/mol. The maximum atomic E-state index is 14.4. The van der Waals surface area contributed by atoms with E-state index in [0.717, 1.165) is 25.7 Å². The lowest BCUT2D eigenvalue weighted by Gasteiger charge is -2.33. The van der Waals surface area contributed by atoms with Crippen LogP contribution in [0.3, 0.4) is 0 Å². The first-order valence-corrected chi connectivity index (χ1v) is 11.1. The molecule has 26 heavy (non-hydrogen) atoms. The molecule has 1 unspecified atom stereocenters. The van der Waals surface area contributed by atoms with Crippen LogP contribution in [0.1, 0.15) is 44.1 Å². The van der Waals surface area contributed by atoms with E-state index in [1.165, 1.54) is 16.6 Å². The summed E-state index contributed by atoms with van der Waals surface area (Å²) in [5.41, 5.74) is 0.325. The molecule has 5 nitrogen and oxygen atoms in total. The Labute approximate surface area is 155 Å². The molecule has 7 heteroatoms. The summed E-state index contributed by atoms with van der Waals surface area (Å²) in [6.45, 7) is 1.11. The number of nitrogens with zero attached hydrogens (tertiary/aromatic N) is 1. The van der Waals surface area contributed by atoms with Crippen molar-refractivity contribution in [3.05, 3.63) is 35.6 Å². The Morgan fingerprint density at radius 2 is 1.96 bits per heavy atom. The maximum Gasteiger partial charge on any atom is 0.224 e. The van der Waals surface area contributed by atoms with E-state index < -0.39 is 10.0 Å². The van der Waals surface area contributed by atoms with Crippen molar-refractivity contribution in [2.24, 2.45) is 5.92 Å². The Balaban J connectivity index is 1.68. The van der Waals surface area contributed by atoms with Gasteiger partial charge in [-0.3, -0.25) is 4.79 Å². The quantitative estimate of drug-likeness (QED) is 0.851. The topological polar surface area (TPSA) is 66.5 Å². The van der Waals surface area contributed by atoms with Gasteiger partial charge in [0, 0.05) is 25.0 Å². The smallest absolute Gasteiger partial charge is 0.224 e. The molecule has 1 amide bonds. The Bertz CT molecular complexity index is 760. The second-order valence-electron chi connectivity index (χ2n) is 7.65. The number of amides is 1. The van der Waals surface area contributed by atoms with Crippen molar-refractivity contribution in [1.82, 2.24) is 9.62 Å². The minimum atomic E-state index is -3.28. The van der Waals surface area contributed by atoms with Gasteiger partial charge in [0.05, 0.1) is 12.2 Å². The summed E-state index contributed by atoms with van der Waals surface area (Å²) in [6, 6.07) is 6.81. The van der Waals surface area contributed by atoms with Gasteiger partial charge in [0.2, 0.25) is 15.9 Å². The van der Waals surface area contributed by atoms with Gasteiger partial charge in [-0.25, -0.2) is 17.1 Å². The molecule has 1 aromatic carbocycles. The number of piperidine rings is 1. The van der Waals surface area contributed by atoms with Crippen LogP contribution in [0.15, 0.2) is 24.3 Å². The predicted octanol–water partition coefficient (Wildman–Crippen LogP) is 2.43. The first-order chi connectivity index (χ1) is 12.3. The average Bonchev–Trinajstić information content (AvgIpc) is 3.09. The largest absolute Gasteiger partial charge is 0.355 e. The second kappa shape index (κ2) is 7.64. The van der Waals surface area contributed by atoms with Crippen LogP contribution < -0.4 is 5.32 Å². The molecule has 1 atom stereocenters. The maximum absolute atomic E-state index is 14.4. The lowest BCUT2D eigenvalue weighted by atomic mass is 9.78. The fraction of sp³-hybridized carbons (Fsp3) is 0.632. The molecule has 1 aromatic rings. The zero-order valence-electron chi connectivity index (χ0n) is 15.2. The van der Waals surface area contributed by atoms with Crippen LogP contribution in [-0.4, -0.2) is 44.5 Å². The van der Waals surface area contributed by atoms with Crippen molar-refractivity contribution < 1.29 is 17.6 Å². The highest BCUT2D eigenvalue weighted by molar-refractivity contribution is 7.88. The van der Waals surface area contributed by atoms with Crippen LogP contribution in [-0.2, 0) is 20.2 Å². The van der Waals surface area contributed by atoms with Crippen molar-refractivity contribution >= 4 is 15.9 Å². The summed E-state index contributed by atoms with van der Waals surface area (Å²) < 4.78 is 39.2. The molecule has 1 heterocycles. The van der Waals surface area contributed by atoms with Gasteiger partial charge in [-0.2, -0.15) is 0 Å². The van der Waals surface area contributed by atoms with Crippen LogP contribution in [0.4, 0.5) is 4.39 Å². The number of nitrogens with one attached hydrogen (secondary N) is 1. The number of carbonyl (C=O) groups is 1. The van der Waals surface area contributed by atoms with Crippen LogP contribution in [0.5, 0.6) is 0 Å². The molecule has 2 fully saturated rings. The van der Waals surface area contributed by atoms with E-state index in [0.29, 0.717) is 31.5 Å². The first-order valence-electron chi connectivity index (χ1n) is 9.30. The minimum absolute atomic E-state index is 0.124. The monoisotopic (exact) mass is 382 g/mol. The van der Waals surface area contributed by atoms with Gasteiger partial charge in [0.15, 0.2) is 0 Å². The van der Waals surface area contributed by atoms with Crippen LogP contribution in [0.2, 0.25) is 0 Å². The summed E-state index contributed by atoms with van der Waals surface area (Å²) in [7, 11) is -3.28. The number of sulfonamides is 1. The van der Waals surface area contributed by atoms with Gasteiger partial charge in [-0.1, -0.05) is 31.0 Å². The van der Waals surface area contributed by atoms with E-state index in [1.54, 1.807) is 6.07 Å². The van der Waals surface area contributed by atoms with E-state index in [1.807, 2.05) is 12.1 Å². The molecule has 144 valence electrons. The number of hydrogen-bond donors (Lipinski definition) is 1. The molecule has 1 aliphatic carbocycles. The van der Waals surface area contributed by atoms with Gasteiger partial charge in [0.1, 0.15) is 5.82 Å². The molecule has 0 bridgehead atoms. The van der Waals surface area contributed by atoms with Gasteiger partial charge in [-0.05, 0) is 37.3 Å². The summed E-state index contributed by atoms with van der Waals surface area (Å²) in [5, 5.41) is 3.01. The van der Waals surface area contributed by atoms with Crippen molar-refractivity contribution in [2.45, 2.75) is 43.9 Å². The SMILES string of the molecule is CS(=O)(=O)N1CCCC(C(=O)NCC2(c3ccccc3F)CCCC2)C1. The predicted molar refractivity (Wildman–Crippen MR) is 98.7 cm³/mol. The molecule has 1 N–H and O–H groups in total. The summed E-state index contributed by atoms with van der Waals surface area (Å²) in [4.78, 5) is 12.7. The third-order valence-corrected chi connectivity index (χ3v) is 7.10. The van der Waals surface area contributed by atoms with Crippen molar-refractivity contribution in [3.8, 4) is 0 Å². The van der Waals surface area contributed by atoms with E-state index >= 15 is 0 Å². The normalized spacial score (nSPS) is 23.7. The summed E-state index contributed by atoms with van der Waals surface area (Å²) >= 11 is 0. The zero-order valence-corrected chi connectivity index (χ0v) is 16.0. The van der Waals surface area contributed by atoms with Gasteiger partial charge in [0.25, 0.3) is 0 Å². The number of carbonyl (C=O) groups excluding carboxylic acids is 1. The lowest BCUT2D eigenvalue weighted by molar-refractivity contribution is -0.126. The number of benzene rings is 1. The highest BCUT2D eigenvalue weighted by atomic mass is 32.2. The van der Waals surface area contributed by atoms with Crippen LogP contribution in [0, 0.1) is 11.7 Å². The molecule has 1 aliphatic heterocycles. The molecule has 2 aliphatic rings. The van der Waals surface area contributed by atoms with Gasteiger partial charge >= 0.3 is 0 Å². The number of halogens is 1. The molecule has 0 radical (unpaired) electrons. The van der Waals surface area contributed by atoms with E-state index in [9.17, 15) is 17.6 Å². The molecule has 3 rings (SSSR count). The Morgan fingerprint density at radius 1 is 1.27 bits per heavy atom. The Morgan fingerprint density at radius 3 is 2.62 bits per heavy atom. The molecule has 1 saturated carbocycles. The second-order valence-corrected chi connectivity index (χ2v) is 9.63. The van der Waals surface area contributed by atoms with Crippen LogP contribution in [0.25, 0.3) is 0 Å². The fourth-order valence-corrected chi connectivity index (χ4v) is 5.25. The number of rotatable bonds is 5. The molecule has 1 saturated heterocycles. The number of hydrogen-bond acceptors (Lipinski definition) is 3. The Hall–Kier alpha value is -1.47. The van der Waals surface area contributed by atoms with E-state index in [2.05, 4.69) is 5.32 Å². The minimum Gasteiger partial charge on any atom is -0.355 e. The van der Waals surface area contributed by atoms with Crippen LogP contribution >= 0.6 is 0 Å². The third-order valence-electron chi connectivity index (χ3n) is 5.83.